The van der Waals surface area contributed by atoms with Gasteiger partial charge in [-0.15, -0.1) is 0 Å². The van der Waals surface area contributed by atoms with Gasteiger partial charge in [-0.2, -0.15) is 0 Å². The lowest BCUT2D eigenvalue weighted by Crippen LogP contribution is -2.50. The van der Waals surface area contributed by atoms with E-state index in [2.05, 4.69) is 20.9 Å². The molecule has 3 aromatic heterocycles. The Morgan fingerprint density at radius 3 is 2.84 bits per heavy atom. The van der Waals surface area contributed by atoms with Crippen molar-refractivity contribution in [2.45, 2.75) is 32.4 Å². The van der Waals surface area contributed by atoms with E-state index >= 15 is 0 Å². The lowest BCUT2D eigenvalue weighted by molar-refractivity contribution is 0.173. The molecule has 0 amide bonds. The second-order valence-corrected chi connectivity index (χ2v) is 9.14. The third kappa shape index (κ3) is 3.20. The van der Waals surface area contributed by atoms with E-state index in [4.69, 9.17) is 4.42 Å². The standard InChI is InChI=1S/C25H26N4O3/c1-15-11-29-12-18(8-23(29)16(2)26-15)22-7-17-3-4-19(10-24(17)32-25(22)31)27-5-6-28-14-21(30)9-20(28)13-27/h3-4,7-8,10-12,20-21,30H,5-6,9,13-14H2,1-2H3/t20-,21+/m0/s1. The molecule has 5 heterocycles. The average molecular weight is 431 g/mol. The number of piperazine rings is 1. The van der Waals surface area contributed by atoms with E-state index in [-0.39, 0.29) is 11.7 Å². The quantitative estimate of drug-likeness (QED) is 0.493. The van der Waals surface area contributed by atoms with Crippen molar-refractivity contribution in [3.8, 4) is 11.1 Å². The monoisotopic (exact) mass is 430 g/mol. The number of aliphatic hydroxyl groups is 1. The van der Waals surface area contributed by atoms with E-state index < -0.39 is 0 Å². The smallest absolute Gasteiger partial charge is 0.344 e. The summed E-state index contributed by atoms with van der Waals surface area (Å²) in [5.41, 5.74) is 5.55. The number of aromatic nitrogens is 2. The van der Waals surface area contributed by atoms with Gasteiger partial charge in [-0.3, -0.25) is 9.88 Å². The number of nitrogens with zero attached hydrogens (tertiary/aromatic N) is 4. The van der Waals surface area contributed by atoms with E-state index in [1.165, 1.54) is 0 Å². The number of rotatable bonds is 2. The van der Waals surface area contributed by atoms with Crippen LogP contribution >= 0.6 is 0 Å². The van der Waals surface area contributed by atoms with E-state index in [0.717, 1.165) is 66.1 Å². The van der Waals surface area contributed by atoms with Gasteiger partial charge in [0.15, 0.2) is 0 Å². The summed E-state index contributed by atoms with van der Waals surface area (Å²) in [4.78, 5) is 22.1. The van der Waals surface area contributed by atoms with Crippen LogP contribution in [0.4, 0.5) is 5.69 Å². The Kier molecular flexibility index (Phi) is 4.38. The number of hydrogen-bond donors (Lipinski definition) is 1. The van der Waals surface area contributed by atoms with Crippen LogP contribution in [0.15, 0.2) is 51.9 Å². The predicted octanol–water partition coefficient (Wildman–Crippen LogP) is 2.98. The molecule has 0 aliphatic carbocycles. The first-order chi connectivity index (χ1) is 15.4. The number of fused-ring (bicyclic) bond motifs is 3. The third-order valence-corrected chi connectivity index (χ3v) is 6.88. The Labute approximate surface area is 185 Å². The zero-order chi connectivity index (χ0) is 22.0. The molecular weight excluding hydrogens is 404 g/mol. The third-order valence-electron chi connectivity index (χ3n) is 6.88. The van der Waals surface area contributed by atoms with Gasteiger partial charge in [0.25, 0.3) is 0 Å². The van der Waals surface area contributed by atoms with Gasteiger partial charge in [0.2, 0.25) is 0 Å². The molecule has 0 saturated carbocycles. The van der Waals surface area contributed by atoms with Crippen molar-refractivity contribution < 1.29 is 9.52 Å². The summed E-state index contributed by atoms with van der Waals surface area (Å²) in [6.07, 6.45) is 4.52. The molecule has 4 aromatic rings. The SMILES string of the molecule is Cc1cn2cc(-c3cc4ccc(N5CCN6C[C@H](O)C[C@H]6C5)cc4oc3=O)cc2c(C)n1. The molecule has 1 aromatic carbocycles. The Balaban J connectivity index is 1.35. The second kappa shape index (κ2) is 7.18. The molecule has 2 fully saturated rings. The Bertz CT molecular complexity index is 1410. The number of aliphatic hydroxyl groups excluding tert-OH is 1. The first kappa shape index (κ1) is 19.5. The van der Waals surface area contributed by atoms with Crippen LogP contribution in [0.1, 0.15) is 17.8 Å². The van der Waals surface area contributed by atoms with Gasteiger partial charge in [0.05, 0.1) is 28.6 Å². The van der Waals surface area contributed by atoms with Crippen LogP contribution in [0.3, 0.4) is 0 Å². The maximum atomic E-state index is 12.9. The highest BCUT2D eigenvalue weighted by Gasteiger charge is 2.35. The summed E-state index contributed by atoms with van der Waals surface area (Å²) in [6.45, 7) is 7.44. The van der Waals surface area contributed by atoms with Crippen LogP contribution in [0.25, 0.3) is 27.6 Å². The summed E-state index contributed by atoms with van der Waals surface area (Å²) in [5, 5.41) is 10.9. The molecule has 2 aliphatic rings. The Hall–Kier alpha value is -3.16. The minimum Gasteiger partial charge on any atom is -0.422 e. The minimum atomic E-state index is -0.336. The largest absolute Gasteiger partial charge is 0.422 e. The highest BCUT2D eigenvalue weighted by Crippen LogP contribution is 2.30. The average Bonchev–Trinajstić information content (AvgIpc) is 3.34. The molecule has 0 unspecified atom stereocenters. The van der Waals surface area contributed by atoms with Gasteiger partial charge < -0.3 is 18.8 Å². The van der Waals surface area contributed by atoms with Gasteiger partial charge in [0, 0.05) is 67.3 Å². The molecule has 2 saturated heterocycles. The normalized spacial score (nSPS) is 21.5. The second-order valence-electron chi connectivity index (χ2n) is 9.14. The van der Waals surface area contributed by atoms with Gasteiger partial charge in [-0.1, -0.05) is 0 Å². The molecule has 164 valence electrons. The molecule has 2 aliphatic heterocycles. The minimum absolute atomic E-state index is 0.220. The molecular formula is C25H26N4O3. The first-order valence-electron chi connectivity index (χ1n) is 11.2. The van der Waals surface area contributed by atoms with Crippen molar-refractivity contribution in [1.29, 1.82) is 0 Å². The fraction of sp³-hybridized carbons (Fsp3) is 0.360. The molecule has 2 atom stereocenters. The van der Waals surface area contributed by atoms with Crippen LogP contribution in [0, 0.1) is 13.8 Å². The van der Waals surface area contributed by atoms with Crippen LogP contribution in [-0.4, -0.2) is 57.7 Å². The highest BCUT2D eigenvalue weighted by molar-refractivity contribution is 5.85. The molecule has 0 radical (unpaired) electrons. The number of aryl methyl sites for hydroxylation is 2. The topological polar surface area (TPSA) is 74.2 Å². The van der Waals surface area contributed by atoms with E-state index in [1.54, 1.807) is 0 Å². The van der Waals surface area contributed by atoms with E-state index in [1.807, 2.05) is 54.9 Å². The number of hydrogen-bond acceptors (Lipinski definition) is 6. The zero-order valence-corrected chi connectivity index (χ0v) is 18.3. The summed E-state index contributed by atoms with van der Waals surface area (Å²) in [6, 6.07) is 10.4. The van der Waals surface area contributed by atoms with Gasteiger partial charge in [0.1, 0.15) is 5.58 Å². The van der Waals surface area contributed by atoms with Gasteiger partial charge in [-0.25, -0.2) is 4.79 Å². The van der Waals surface area contributed by atoms with E-state index in [9.17, 15) is 9.90 Å². The van der Waals surface area contributed by atoms with Crippen LogP contribution < -0.4 is 10.5 Å². The molecule has 0 spiro atoms. The van der Waals surface area contributed by atoms with Crippen molar-refractivity contribution in [3.63, 3.8) is 0 Å². The van der Waals surface area contributed by atoms with Crippen molar-refractivity contribution in [3.05, 3.63) is 64.5 Å². The molecule has 6 rings (SSSR count). The van der Waals surface area contributed by atoms with Crippen molar-refractivity contribution >= 4 is 22.2 Å². The molecule has 0 bridgehead atoms. The highest BCUT2D eigenvalue weighted by atomic mass is 16.4. The molecule has 32 heavy (non-hydrogen) atoms. The lowest BCUT2D eigenvalue weighted by atomic mass is 10.1. The van der Waals surface area contributed by atoms with Crippen molar-refractivity contribution in [2.24, 2.45) is 0 Å². The van der Waals surface area contributed by atoms with Crippen LogP contribution in [0.2, 0.25) is 0 Å². The zero-order valence-electron chi connectivity index (χ0n) is 18.3. The molecule has 1 N–H and O–H groups in total. The Morgan fingerprint density at radius 1 is 1.09 bits per heavy atom. The number of benzene rings is 1. The van der Waals surface area contributed by atoms with Crippen molar-refractivity contribution in [2.75, 3.05) is 31.1 Å². The fourth-order valence-electron chi connectivity index (χ4n) is 5.32. The maximum Gasteiger partial charge on any atom is 0.344 e. The van der Waals surface area contributed by atoms with Gasteiger partial charge in [-0.05, 0) is 44.5 Å². The maximum absolute atomic E-state index is 12.9. The van der Waals surface area contributed by atoms with Crippen molar-refractivity contribution in [1.82, 2.24) is 14.3 Å². The lowest BCUT2D eigenvalue weighted by Gasteiger charge is -2.38. The fourth-order valence-corrected chi connectivity index (χ4v) is 5.32. The van der Waals surface area contributed by atoms with Crippen LogP contribution in [-0.2, 0) is 0 Å². The summed E-state index contributed by atoms with van der Waals surface area (Å²) in [7, 11) is 0. The van der Waals surface area contributed by atoms with E-state index in [0.29, 0.717) is 17.2 Å². The molecule has 7 heteroatoms. The summed E-state index contributed by atoms with van der Waals surface area (Å²) >= 11 is 0. The van der Waals surface area contributed by atoms with Crippen LogP contribution in [0.5, 0.6) is 0 Å². The Morgan fingerprint density at radius 2 is 1.97 bits per heavy atom. The molecule has 7 nitrogen and oxygen atoms in total. The van der Waals surface area contributed by atoms with Gasteiger partial charge >= 0.3 is 5.63 Å². The summed E-state index contributed by atoms with van der Waals surface area (Å²) in [5.74, 6) is 0. The predicted molar refractivity (Wildman–Crippen MR) is 124 cm³/mol. The number of anilines is 1. The summed E-state index contributed by atoms with van der Waals surface area (Å²) < 4.78 is 7.79. The first-order valence-corrected chi connectivity index (χ1v) is 11.2.